The lowest BCUT2D eigenvalue weighted by Crippen LogP contribution is -2.52. The quantitative estimate of drug-likeness (QED) is 0.425. The van der Waals surface area contributed by atoms with E-state index in [1.807, 2.05) is 74.5 Å². The molecule has 2 aromatic carbocycles. The molecule has 0 N–H and O–H groups in total. The number of rotatable bonds is 8. The Bertz CT molecular complexity index is 1060. The molecule has 2 fully saturated rings. The Labute approximate surface area is 201 Å². The van der Waals surface area contributed by atoms with Crippen molar-refractivity contribution in [2.75, 3.05) is 20.8 Å². The number of hydrogen-bond acceptors (Lipinski definition) is 6. The molecule has 2 aliphatic rings. The zero-order valence-corrected chi connectivity index (χ0v) is 20.3. The van der Waals surface area contributed by atoms with Crippen LogP contribution in [0.2, 0.25) is 0 Å². The summed E-state index contributed by atoms with van der Waals surface area (Å²) in [5.41, 5.74) is 0.855. The van der Waals surface area contributed by atoms with E-state index in [-0.39, 0.29) is 24.0 Å². The summed E-state index contributed by atoms with van der Waals surface area (Å²) in [7, 11) is 3.26. The van der Waals surface area contributed by atoms with Gasteiger partial charge >= 0.3 is 5.97 Å². The van der Waals surface area contributed by atoms with Crippen molar-refractivity contribution in [3.05, 3.63) is 65.7 Å². The fourth-order valence-corrected chi connectivity index (χ4v) is 5.78. The number of methoxy groups -OCH3 is 2. The van der Waals surface area contributed by atoms with Crippen molar-refractivity contribution in [1.29, 1.82) is 0 Å². The predicted molar refractivity (Wildman–Crippen MR) is 131 cm³/mol. The number of nitrogens with zero attached hydrogens (tertiary/aromatic N) is 1. The monoisotopic (exact) mass is 463 g/mol. The van der Waals surface area contributed by atoms with Gasteiger partial charge in [0.2, 0.25) is 0 Å². The number of hydrogen-bond donors (Lipinski definition) is 0. The Morgan fingerprint density at radius 3 is 2.41 bits per heavy atom. The molecule has 0 bridgehead atoms. The molecular weight excluding hydrogens is 430 g/mol. The number of aldehydes is 1. The third-order valence-corrected chi connectivity index (χ3v) is 7.06. The molecule has 0 amide bonds. The number of benzene rings is 2. The van der Waals surface area contributed by atoms with Gasteiger partial charge in [0, 0.05) is 29.0 Å². The third-order valence-electron chi connectivity index (χ3n) is 7.06. The highest BCUT2D eigenvalue weighted by molar-refractivity contribution is 5.86. The van der Waals surface area contributed by atoms with Gasteiger partial charge in [0.1, 0.15) is 23.3 Å². The summed E-state index contributed by atoms with van der Waals surface area (Å²) in [6.45, 7) is 4.43. The van der Waals surface area contributed by atoms with Crippen molar-refractivity contribution in [1.82, 2.24) is 4.90 Å². The molecule has 4 rings (SSSR count). The van der Waals surface area contributed by atoms with Crippen LogP contribution in [0.4, 0.5) is 0 Å². The van der Waals surface area contributed by atoms with Crippen molar-refractivity contribution in [2.24, 2.45) is 5.92 Å². The van der Waals surface area contributed by atoms with Crippen LogP contribution in [-0.4, -0.2) is 55.6 Å². The van der Waals surface area contributed by atoms with Crippen LogP contribution < -0.4 is 9.47 Å². The van der Waals surface area contributed by atoms with Crippen molar-refractivity contribution >= 4 is 18.3 Å². The van der Waals surface area contributed by atoms with Gasteiger partial charge in [-0.15, -0.1) is 0 Å². The lowest BCUT2D eigenvalue weighted by Gasteiger charge is -2.37. The number of carbonyl (C=O) groups excluding carboxylic acids is 2. The number of ether oxygens (including phenoxy) is 3. The SMILES string of the molecule is COc1ccccc1/C=C/[C@H]1[C@@H](C=O)[C@H](c2ccccc2OC)[C@@]2(C(=O)OC(C)C)CCCN12. The van der Waals surface area contributed by atoms with Gasteiger partial charge in [0.15, 0.2) is 0 Å². The van der Waals surface area contributed by atoms with E-state index in [1.54, 1.807) is 14.2 Å². The Morgan fingerprint density at radius 1 is 1.06 bits per heavy atom. The molecule has 180 valence electrons. The van der Waals surface area contributed by atoms with Gasteiger partial charge in [-0.05, 0) is 45.4 Å². The minimum absolute atomic E-state index is 0.250. The maximum atomic E-state index is 13.8. The number of carbonyl (C=O) groups is 2. The summed E-state index contributed by atoms with van der Waals surface area (Å²) in [6.07, 6.45) is 6.25. The van der Waals surface area contributed by atoms with Crippen molar-refractivity contribution < 1.29 is 23.8 Å². The molecule has 2 saturated heterocycles. The van der Waals surface area contributed by atoms with Crippen LogP contribution in [-0.2, 0) is 14.3 Å². The fourth-order valence-electron chi connectivity index (χ4n) is 5.78. The molecule has 2 aliphatic heterocycles. The first-order chi connectivity index (χ1) is 16.5. The summed E-state index contributed by atoms with van der Waals surface area (Å²) >= 11 is 0. The summed E-state index contributed by atoms with van der Waals surface area (Å²) in [5.74, 6) is 0.338. The number of para-hydroxylation sites is 2. The van der Waals surface area contributed by atoms with Crippen LogP contribution in [0.5, 0.6) is 11.5 Å². The average Bonchev–Trinajstić information content (AvgIpc) is 3.39. The van der Waals surface area contributed by atoms with Gasteiger partial charge in [-0.1, -0.05) is 48.6 Å². The first-order valence-electron chi connectivity index (χ1n) is 11.8. The molecule has 0 spiro atoms. The second-order valence-corrected chi connectivity index (χ2v) is 9.20. The molecular formula is C28H33NO5. The van der Waals surface area contributed by atoms with E-state index in [1.165, 1.54) is 0 Å². The normalized spacial score (nSPS) is 26.6. The zero-order valence-electron chi connectivity index (χ0n) is 20.3. The minimum Gasteiger partial charge on any atom is -0.496 e. The molecule has 0 unspecified atom stereocenters. The molecule has 0 saturated carbocycles. The fraction of sp³-hybridized carbons (Fsp3) is 0.429. The second kappa shape index (κ2) is 10.0. The number of esters is 1. The van der Waals surface area contributed by atoms with Crippen LogP contribution in [0.3, 0.4) is 0 Å². The maximum Gasteiger partial charge on any atom is 0.327 e. The highest BCUT2D eigenvalue weighted by atomic mass is 16.5. The molecule has 2 aromatic rings. The number of fused-ring (bicyclic) bond motifs is 1. The van der Waals surface area contributed by atoms with Gasteiger partial charge in [0.05, 0.1) is 20.3 Å². The third kappa shape index (κ3) is 4.00. The largest absolute Gasteiger partial charge is 0.496 e. The Balaban J connectivity index is 1.85. The van der Waals surface area contributed by atoms with Crippen molar-refractivity contribution in [2.45, 2.75) is 50.3 Å². The van der Waals surface area contributed by atoms with Crippen LogP contribution in [0.15, 0.2) is 54.6 Å². The van der Waals surface area contributed by atoms with E-state index < -0.39 is 11.5 Å². The molecule has 0 aliphatic carbocycles. The van der Waals surface area contributed by atoms with Crippen LogP contribution >= 0.6 is 0 Å². The molecule has 2 heterocycles. The average molecular weight is 464 g/mol. The molecule has 6 heteroatoms. The first kappa shape index (κ1) is 24.0. The Hall–Kier alpha value is -3.12. The second-order valence-electron chi connectivity index (χ2n) is 9.20. The van der Waals surface area contributed by atoms with Gasteiger partial charge in [-0.25, -0.2) is 0 Å². The maximum absolute atomic E-state index is 13.8. The van der Waals surface area contributed by atoms with Gasteiger partial charge < -0.3 is 19.0 Å². The standard InChI is InChI=1S/C28H33NO5/c1-19(2)34-27(31)28-16-9-17-29(28)23(15-14-20-10-5-7-12-24(20)32-3)22(18-30)26(28)21-11-6-8-13-25(21)33-4/h5-8,10-15,18-19,22-23,26H,9,16-17H2,1-4H3/b15-14+/t22-,23+,26+,28-/m1/s1. The zero-order chi connectivity index (χ0) is 24.3. The summed E-state index contributed by atoms with van der Waals surface area (Å²) in [6, 6.07) is 15.2. The van der Waals surface area contributed by atoms with Crippen LogP contribution in [0.25, 0.3) is 6.08 Å². The molecule has 4 atom stereocenters. The van der Waals surface area contributed by atoms with Gasteiger partial charge in [0.25, 0.3) is 0 Å². The topological polar surface area (TPSA) is 65.1 Å². The highest BCUT2D eigenvalue weighted by Crippen LogP contribution is 2.56. The van der Waals surface area contributed by atoms with E-state index in [2.05, 4.69) is 4.90 Å². The highest BCUT2D eigenvalue weighted by Gasteiger charge is 2.65. The summed E-state index contributed by atoms with van der Waals surface area (Å²) in [4.78, 5) is 28.6. The van der Waals surface area contributed by atoms with E-state index >= 15 is 0 Å². The Kier molecular flexibility index (Phi) is 7.08. The predicted octanol–water partition coefficient (Wildman–Crippen LogP) is 4.48. The van der Waals surface area contributed by atoms with Crippen molar-refractivity contribution in [3.63, 3.8) is 0 Å². The molecule has 0 radical (unpaired) electrons. The van der Waals surface area contributed by atoms with Gasteiger partial charge in [-0.2, -0.15) is 0 Å². The smallest absolute Gasteiger partial charge is 0.327 e. The van der Waals surface area contributed by atoms with E-state index in [0.29, 0.717) is 18.7 Å². The molecule has 34 heavy (non-hydrogen) atoms. The van der Waals surface area contributed by atoms with Crippen LogP contribution in [0, 0.1) is 5.92 Å². The van der Waals surface area contributed by atoms with Crippen LogP contribution in [0.1, 0.15) is 43.7 Å². The van der Waals surface area contributed by atoms with Gasteiger partial charge in [-0.3, -0.25) is 9.69 Å². The molecule has 0 aromatic heterocycles. The molecule has 6 nitrogen and oxygen atoms in total. The lowest BCUT2D eigenvalue weighted by atomic mass is 9.73. The first-order valence-corrected chi connectivity index (χ1v) is 11.8. The minimum atomic E-state index is -0.930. The summed E-state index contributed by atoms with van der Waals surface area (Å²) in [5, 5.41) is 0. The van der Waals surface area contributed by atoms with E-state index in [4.69, 9.17) is 14.2 Å². The van der Waals surface area contributed by atoms with Crippen molar-refractivity contribution in [3.8, 4) is 11.5 Å². The Morgan fingerprint density at radius 2 is 1.74 bits per heavy atom. The summed E-state index contributed by atoms with van der Waals surface area (Å²) < 4.78 is 17.0. The van der Waals surface area contributed by atoms with E-state index in [9.17, 15) is 9.59 Å². The van der Waals surface area contributed by atoms with E-state index in [0.717, 1.165) is 29.6 Å². The lowest BCUT2D eigenvalue weighted by molar-refractivity contribution is -0.160.